The third kappa shape index (κ3) is 2.83. The second kappa shape index (κ2) is 6.77. The van der Waals surface area contributed by atoms with E-state index in [9.17, 15) is 4.79 Å². The second-order valence-electron chi connectivity index (χ2n) is 6.88. The van der Waals surface area contributed by atoms with Gasteiger partial charge in [-0.15, -0.1) is 0 Å². The Labute approximate surface area is 171 Å². The van der Waals surface area contributed by atoms with Crippen LogP contribution in [0.2, 0.25) is 0 Å². The highest BCUT2D eigenvalue weighted by atomic mass is 79.9. The van der Waals surface area contributed by atoms with Gasteiger partial charge < -0.3 is 24.3 Å². The maximum absolute atomic E-state index is 13.1. The minimum atomic E-state index is -0.863. The van der Waals surface area contributed by atoms with Crippen LogP contribution in [0.3, 0.4) is 0 Å². The molecule has 1 fully saturated rings. The Bertz CT molecular complexity index is 925. The molecule has 0 aliphatic carbocycles. The van der Waals surface area contributed by atoms with Crippen molar-refractivity contribution < 1.29 is 23.7 Å². The van der Waals surface area contributed by atoms with Gasteiger partial charge in [-0.25, -0.2) is 4.79 Å². The molecule has 2 heterocycles. The van der Waals surface area contributed by atoms with E-state index in [0.29, 0.717) is 29.4 Å². The Morgan fingerprint density at radius 1 is 1.14 bits per heavy atom. The maximum Gasteiger partial charge on any atom is 0.325 e. The van der Waals surface area contributed by atoms with Crippen molar-refractivity contribution in [3.8, 4) is 23.0 Å². The van der Waals surface area contributed by atoms with Crippen molar-refractivity contribution in [3.63, 3.8) is 0 Å². The molecule has 4 rings (SSSR count). The largest absolute Gasteiger partial charge is 0.493 e. The number of hydrogen-bond donors (Lipinski definition) is 1. The molecule has 2 atom stereocenters. The highest BCUT2D eigenvalue weighted by Gasteiger charge is 2.50. The van der Waals surface area contributed by atoms with Crippen molar-refractivity contribution in [1.29, 1.82) is 0 Å². The van der Waals surface area contributed by atoms with E-state index < -0.39 is 5.72 Å². The maximum atomic E-state index is 13.1. The molecule has 7 nitrogen and oxygen atoms in total. The predicted octanol–water partition coefficient (Wildman–Crippen LogP) is 4.24. The second-order valence-corrected chi connectivity index (χ2v) is 7.80. The summed E-state index contributed by atoms with van der Waals surface area (Å²) in [4.78, 5) is 14.7. The number of nitrogens with one attached hydrogen (secondary N) is 1. The molecule has 2 aromatic carbocycles. The van der Waals surface area contributed by atoms with Crippen LogP contribution >= 0.6 is 15.9 Å². The van der Waals surface area contributed by atoms with Crippen LogP contribution in [0.5, 0.6) is 23.0 Å². The minimum absolute atomic E-state index is 0.128. The van der Waals surface area contributed by atoms with Gasteiger partial charge in [-0.2, -0.15) is 0 Å². The smallest absolute Gasteiger partial charge is 0.325 e. The number of carbonyl (C=O) groups excluding carboxylic acids is 1. The normalized spacial score (nSPS) is 22.7. The molecular formula is C20H21BrN2O5. The fourth-order valence-corrected chi connectivity index (χ4v) is 4.31. The van der Waals surface area contributed by atoms with Crippen LogP contribution in [0, 0.1) is 0 Å². The lowest BCUT2D eigenvalue weighted by molar-refractivity contribution is 0.0378. The molecule has 2 bridgehead atoms. The molecule has 0 saturated carbocycles. The molecular weight excluding hydrogens is 428 g/mol. The Balaban J connectivity index is 1.81. The van der Waals surface area contributed by atoms with Crippen LogP contribution in [0.1, 0.15) is 24.9 Å². The van der Waals surface area contributed by atoms with E-state index in [2.05, 4.69) is 21.2 Å². The van der Waals surface area contributed by atoms with Gasteiger partial charge in [-0.3, -0.25) is 4.90 Å². The molecule has 1 unspecified atom stereocenters. The van der Waals surface area contributed by atoms with Crippen molar-refractivity contribution in [1.82, 2.24) is 5.32 Å². The number of methoxy groups -OCH3 is 3. The molecule has 1 saturated heterocycles. The summed E-state index contributed by atoms with van der Waals surface area (Å²) >= 11 is 3.48. The van der Waals surface area contributed by atoms with E-state index in [0.717, 1.165) is 15.8 Å². The summed E-state index contributed by atoms with van der Waals surface area (Å²) in [5.74, 6) is 2.15. The van der Waals surface area contributed by atoms with E-state index in [1.54, 1.807) is 38.4 Å². The lowest BCUT2D eigenvalue weighted by Gasteiger charge is -2.50. The number of halogens is 1. The zero-order chi connectivity index (χ0) is 20.1. The van der Waals surface area contributed by atoms with Gasteiger partial charge in [0.05, 0.1) is 33.1 Å². The summed E-state index contributed by atoms with van der Waals surface area (Å²) in [5, 5.41) is 3.08. The van der Waals surface area contributed by atoms with Gasteiger partial charge in [0.2, 0.25) is 5.75 Å². The van der Waals surface area contributed by atoms with Crippen molar-refractivity contribution in [2.75, 3.05) is 26.2 Å². The number of amides is 2. The van der Waals surface area contributed by atoms with Gasteiger partial charge in [0.25, 0.3) is 0 Å². The summed E-state index contributed by atoms with van der Waals surface area (Å²) in [5.41, 5.74) is 0.691. The lowest BCUT2D eigenvalue weighted by Crippen LogP contribution is -2.65. The van der Waals surface area contributed by atoms with Gasteiger partial charge in [0, 0.05) is 28.6 Å². The molecule has 8 heteroatoms. The average molecular weight is 449 g/mol. The first-order chi connectivity index (χ1) is 13.4. The molecule has 2 aromatic rings. The van der Waals surface area contributed by atoms with Crippen LogP contribution in [0.25, 0.3) is 0 Å². The number of hydrogen-bond acceptors (Lipinski definition) is 5. The Morgan fingerprint density at radius 3 is 2.43 bits per heavy atom. The Kier molecular flexibility index (Phi) is 4.53. The minimum Gasteiger partial charge on any atom is -0.493 e. The van der Waals surface area contributed by atoms with Gasteiger partial charge in [0.15, 0.2) is 17.2 Å². The fraction of sp³-hybridized carbons (Fsp3) is 0.350. The third-order valence-electron chi connectivity index (χ3n) is 5.14. The number of fused-ring (bicyclic) bond motifs is 4. The van der Waals surface area contributed by atoms with Gasteiger partial charge in [-0.1, -0.05) is 15.9 Å². The van der Waals surface area contributed by atoms with Crippen LogP contribution < -0.4 is 29.2 Å². The summed E-state index contributed by atoms with van der Waals surface area (Å²) < 4.78 is 23.5. The standard InChI is InChI=1S/C20H21BrN2O5/c1-20-10-14(13-7-11(21)5-6-15(13)28-20)22-19(24)23(20)12-8-16(25-2)18(27-4)17(9-12)26-3/h5-9,14H,10H2,1-4H3,(H,22,24)/t14?,20-/m0/s1. The van der Waals surface area contributed by atoms with Gasteiger partial charge in [0.1, 0.15) is 5.75 Å². The van der Waals surface area contributed by atoms with E-state index in [-0.39, 0.29) is 12.1 Å². The van der Waals surface area contributed by atoms with E-state index in [1.807, 2.05) is 25.1 Å². The number of benzene rings is 2. The van der Waals surface area contributed by atoms with Gasteiger partial charge >= 0.3 is 6.03 Å². The molecule has 28 heavy (non-hydrogen) atoms. The molecule has 0 radical (unpaired) electrons. The van der Waals surface area contributed by atoms with Crippen LogP contribution in [-0.2, 0) is 0 Å². The first-order valence-corrected chi connectivity index (χ1v) is 9.58. The van der Waals surface area contributed by atoms with Crippen LogP contribution in [0.4, 0.5) is 10.5 Å². The molecule has 148 valence electrons. The first-order valence-electron chi connectivity index (χ1n) is 8.79. The third-order valence-corrected chi connectivity index (χ3v) is 5.63. The van der Waals surface area contributed by atoms with Gasteiger partial charge in [-0.05, 0) is 25.1 Å². The summed E-state index contributed by atoms with van der Waals surface area (Å²) in [6.07, 6.45) is 0.596. The van der Waals surface area contributed by atoms with Crippen molar-refractivity contribution in [3.05, 3.63) is 40.4 Å². The van der Waals surface area contributed by atoms with Crippen LogP contribution in [-0.4, -0.2) is 33.1 Å². The number of nitrogens with zero attached hydrogens (tertiary/aromatic N) is 1. The summed E-state index contributed by atoms with van der Waals surface area (Å²) in [7, 11) is 4.62. The Hall–Kier alpha value is -2.61. The van der Waals surface area contributed by atoms with E-state index >= 15 is 0 Å². The molecule has 2 aliphatic heterocycles. The number of rotatable bonds is 4. The number of urea groups is 1. The SMILES string of the molecule is COc1cc(N2C(=O)NC3C[C@]2(C)Oc2ccc(Br)cc23)cc(OC)c1OC. The van der Waals surface area contributed by atoms with E-state index in [1.165, 1.54) is 0 Å². The van der Waals surface area contributed by atoms with Crippen molar-refractivity contribution in [2.24, 2.45) is 0 Å². The summed E-state index contributed by atoms with van der Waals surface area (Å²) in [6.45, 7) is 1.91. The zero-order valence-corrected chi connectivity index (χ0v) is 17.6. The molecule has 2 aliphatic rings. The summed E-state index contributed by atoms with van der Waals surface area (Å²) in [6, 6.07) is 8.92. The number of carbonyl (C=O) groups is 1. The quantitative estimate of drug-likeness (QED) is 0.756. The number of ether oxygens (including phenoxy) is 4. The van der Waals surface area contributed by atoms with Crippen molar-refractivity contribution >= 4 is 27.6 Å². The molecule has 0 spiro atoms. The molecule has 1 N–H and O–H groups in total. The van der Waals surface area contributed by atoms with Crippen LogP contribution in [0.15, 0.2) is 34.8 Å². The highest BCUT2D eigenvalue weighted by Crippen LogP contribution is 2.48. The van der Waals surface area contributed by atoms with Crippen molar-refractivity contribution in [2.45, 2.75) is 25.1 Å². The average Bonchev–Trinajstić information content (AvgIpc) is 2.67. The molecule has 0 aromatic heterocycles. The lowest BCUT2D eigenvalue weighted by atomic mass is 9.90. The zero-order valence-electron chi connectivity index (χ0n) is 16.0. The van der Waals surface area contributed by atoms with E-state index in [4.69, 9.17) is 18.9 Å². The highest BCUT2D eigenvalue weighted by molar-refractivity contribution is 9.10. The topological polar surface area (TPSA) is 69.3 Å². The predicted molar refractivity (Wildman–Crippen MR) is 108 cm³/mol. The monoisotopic (exact) mass is 448 g/mol. The number of anilines is 1. The Morgan fingerprint density at radius 2 is 1.82 bits per heavy atom. The fourth-order valence-electron chi connectivity index (χ4n) is 3.93. The molecule has 2 amide bonds. The first kappa shape index (κ1) is 18.7.